The Morgan fingerprint density at radius 2 is 2.06 bits per heavy atom. The molecule has 1 aliphatic heterocycles. The van der Waals surface area contributed by atoms with E-state index in [9.17, 15) is 0 Å². The average molecular weight is 263 g/mol. The number of para-hydroxylation sites is 1. The van der Waals surface area contributed by atoms with E-state index in [2.05, 4.69) is 17.1 Å². The van der Waals surface area contributed by atoms with Crippen LogP contribution in [-0.2, 0) is 0 Å². The number of benzene rings is 1. The third-order valence-corrected chi connectivity index (χ3v) is 3.55. The van der Waals surface area contributed by atoms with E-state index in [0.717, 1.165) is 17.8 Å². The highest BCUT2D eigenvalue weighted by molar-refractivity contribution is 7.80. The molecule has 4 heteroatoms. The Balaban J connectivity index is 1.97. The highest BCUT2D eigenvalue weighted by atomic mass is 32.1. The van der Waals surface area contributed by atoms with Gasteiger partial charge >= 0.3 is 0 Å². The fraction of sp³-hybridized carbons (Fsp3) is 0.500. The molecule has 1 aromatic rings. The first-order valence-corrected chi connectivity index (χ1v) is 6.95. The zero-order valence-corrected chi connectivity index (χ0v) is 11.7. The molecule has 1 unspecified atom stereocenters. The van der Waals surface area contributed by atoms with Crippen LogP contribution >= 0.6 is 12.2 Å². The second-order valence-corrected chi connectivity index (χ2v) is 5.40. The molecule has 18 heavy (non-hydrogen) atoms. The first kappa shape index (κ1) is 13.3. The molecule has 3 N–H and O–H groups in total. The van der Waals surface area contributed by atoms with Gasteiger partial charge in [0.05, 0.1) is 0 Å². The van der Waals surface area contributed by atoms with E-state index in [1.807, 2.05) is 24.3 Å². The van der Waals surface area contributed by atoms with E-state index in [-0.39, 0.29) is 0 Å². The number of nitrogens with one attached hydrogen (secondary N) is 1. The fourth-order valence-corrected chi connectivity index (χ4v) is 2.67. The van der Waals surface area contributed by atoms with Crippen LogP contribution in [0.2, 0.25) is 0 Å². The Bertz CT molecular complexity index is 413. The number of rotatable bonds is 5. The van der Waals surface area contributed by atoms with Crippen LogP contribution in [0.3, 0.4) is 0 Å². The number of anilines is 1. The summed E-state index contributed by atoms with van der Waals surface area (Å²) < 4.78 is 0. The molecule has 1 heterocycles. The van der Waals surface area contributed by atoms with Crippen molar-refractivity contribution in [2.24, 2.45) is 5.73 Å². The summed E-state index contributed by atoms with van der Waals surface area (Å²) in [6.45, 7) is 5.73. The zero-order chi connectivity index (χ0) is 13.0. The van der Waals surface area contributed by atoms with Gasteiger partial charge in [0.1, 0.15) is 4.99 Å². The molecule has 1 aliphatic rings. The number of hydrogen-bond donors (Lipinski definition) is 2. The predicted molar refractivity (Wildman–Crippen MR) is 81.1 cm³/mol. The van der Waals surface area contributed by atoms with Gasteiger partial charge in [0.2, 0.25) is 0 Å². The molecule has 98 valence electrons. The number of likely N-dealkylation sites (tertiary alicyclic amines) is 1. The maximum atomic E-state index is 5.73. The van der Waals surface area contributed by atoms with E-state index in [1.54, 1.807) is 0 Å². The molecule has 3 nitrogen and oxygen atoms in total. The van der Waals surface area contributed by atoms with Gasteiger partial charge in [0, 0.05) is 23.8 Å². The molecular weight excluding hydrogens is 242 g/mol. The first-order chi connectivity index (χ1) is 8.66. The Morgan fingerprint density at radius 1 is 1.39 bits per heavy atom. The van der Waals surface area contributed by atoms with Crippen LogP contribution < -0.4 is 11.1 Å². The van der Waals surface area contributed by atoms with Crippen molar-refractivity contribution in [2.45, 2.75) is 25.8 Å². The molecule has 0 radical (unpaired) electrons. The maximum absolute atomic E-state index is 5.73. The maximum Gasteiger partial charge on any atom is 0.106 e. The monoisotopic (exact) mass is 263 g/mol. The molecule has 0 bridgehead atoms. The van der Waals surface area contributed by atoms with Gasteiger partial charge in [0.15, 0.2) is 0 Å². The summed E-state index contributed by atoms with van der Waals surface area (Å²) in [6.07, 6.45) is 2.66. The van der Waals surface area contributed by atoms with Crippen molar-refractivity contribution in [3.63, 3.8) is 0 Å². The lowest BCUT2D eigenvalue weighted by atomic mass is 10.1. The summed E-state index contributed by atoms with van der Waals surface area (Å²) in [5.74, 6) is 0. The Kier molecular flexibility index (Phi) is 4.55. The zero-order valence-electron chi connectivity index (χ0n) is 10.9. The number of nitrogens with two attached hydrogens (primary N) is 1. The molecule has 0 aliphatic carbocycles. The lowest BCUT2D eigenvalue weighted by Crippen LogP contribution is -2.33. The van der Waals surface area contributed by atoms with Crippen molar-refractivity contribution >= 4 is 22.9 Å². The summed E-state index contributed by atoms with van der Waals surface area (Å²) in [6, 6.07) is 8.37. The van der Waals surface area contributed by atoms with Crippen molar-refractivity contribution < 1.29 is 0 Å². The van der Waals surface area contributed by atoms with Crippen molar-refractivity contribution in [2.75, 3.05) is 25.0 Å². The summed E-state index contributed by atoms with van der Waals surface area (Å²) >= 11 is 5.07. The topological polar surface area (TPSA) is 41.3 Å². The molecule has 1 aromatic carbocycles. The van der Waals surface area contributed by atoms with Crippen LogP contribution in [0.5, 0.6) is 0 Å². The molecule has 1 fully saturated rings. The van der Waals surface area contributed by atoms with Crippen molar-refractivity contribution in [1.82, 2.24) is 4.90 Å². The van der Waals surface area contributed by atoms with Crippen LogP contribution in [0.15, 0.2) is 24.3 Å². The number of nitrogens with zero attached hydrogens (tertiary/aromatic N) is 1. The van der Waals surface area contributed by atoms with Gasteiger partial charge in [0.25, 0.3) is 0 Å². The third kappa shape index (κ3) is 3.43. The summed E-state index contributed by atoms with van der Waals surface area (Å²) in [4.78, 5) is 2.95. The standard InChI is InChI=1S/C14H21N3S/c1-11(10-17-8-4-5-9-17)16-13-7-3-2-6-12(13)14(15)18/h2-3,6-7,11,16H,4-5,8-10H2,1H3,(H2,15,18). The van der Waals surface area contributed by atoms with E-state index >= 15 is 0 Å². The van der Waals surface area contributed by atoms with Crippen LogP contribution in [-0.4, -0.2) is 35.6 Å². The van der Waals surface area contributed by atoms with Gasteiger partial charge < -0.3 is 16.0 Å². The summed E-state index contributed by atoms with van der Waals surface area (Å²) in [5.41, 5.74) is 7.70. The van der Waals surface area contributed by atoms with Gasteiger partial charge in [-0.1, -0.05) is 24.4 Å². The molecule has 1 saturated heterocycles. The molecule has 0 aromatic heterocycles. The lowest BCUT2D eigenvalue weighted by molar-refractivity contribution is 0.328. The minimum absolute atomic E-state index is 0.401. The van der Waals surface area contributed by atoms with Crippen LogP contribution in [0.25, 0.3) is 0 Å². The van der Waals surface area contributed by atoms with Gasteiger partial charge in [-0.3, -0.25) is 0 Å². The van der Waals surface area contributed by atoms with Crippen LogP contribution in [0, 0.1) is 0 Å². The molecule has 0 spiro atoms. The predicted octanol–water partition coefficient (Wildman–Crippen LogP) is 2.22. The van der Waals surface area contributed by atoms with Gasteiger partial charge in [-0.2, -0.15) is 0 Å². The van der Waals surface area contributed by atoms with Crippen LogP contribution in [0.4, 0.5) is 5.69 Å². The molecule has 0 amide bonds. The van der Waals surface area contributed by atoms with E-state index in [1.165, 1.54) is 25.9 Å². The third-order valence-electron chi connectivity index (χ3n) is 3.33. The Labute approximate surface area is 114 Å². The minimum Gasteiger partial charge on any atom is -0.389 e. The van der Waals surface area contributed by atoms with E-state index in [4.69, 9.17) is 18.0 Å². The van der Waals surface area contributed by atoms with Crippen molar-refractivity contribution in [1.29, 1.82) is 0 Å². The van der Waals surface area contributed by atoms with E-state index in [0.29, 0.717) is 11.0 Å². The SMILES string of the molecule is CC(CN1CCCC1)Nc1ccccc1C(N)=S. The Hall–Kier alpha value is -1.13. The highest BCUT2D eigenvalue weighted by Gasteiger charge is 2.15. The van der Waals surface area contributed by atoms with Gasteiger partial charge in [-0.15, -0.1) is 0 Å². The van der Waals surface area contributed by atoms with Crippen molar-refractivity contribution in [3.05, 3.63) is 29.8 Å². The Morgan fingerprint density at radius 3 is 2.72 bits per heavy atom. The van der Waals surface area contributed by atoms with E-state index < -0.39 is 0 Å². The molecule has 2 rings (SSSR count). The van der Waals surface area contributed by atoms with Gasteiger partial charge in [-0.25, -0.2) is 0 Å². The van der Waals surface area contributed by atoms with Crippen molar-refractivity contribution in [3.8, 4) is 0 Å². The highest BCUT2D eigenvalue weighted by Crippen LogP contribution is 2.17. The molecule has 1 atom stereocenters. The fourth-order valence-electron chi connectivity index (χ4n) is 2.49. The normalized spacial score (nSPS) is 17.6. The smallest absolute Gasteiger partial charge is 0.106 e. The molecule has 0 saturated carbocycles. The quantitative estimate of drug-likeness (QED) is 0.799. The first-order valence-electron chi connectivity index (χ1n) is 6.54. The largest absolute Gasteiger partial charge is 0.389 e. The molecular formula is C14H21N3S. The van der Waals surface area contributed by atoms with Gasteiger partial charge in [-0.05, 0) is 45.0 Å². The number of hydrogen-bond acceptors (Lipinski definition) is 3. The summed E-state index contributed by atoms with van der Waals surface area (Å²) in [7, 11) is 0. The second-order valence-electron chi connectivity index (χ2n) is 4.96. The lowest BCUT2D eigenvalue weighted by Gasteiger charge is -2.23. The van der Waals surface area contributed by atoms with Crippen LogP contribution in [0.1, 0.15) is 25.3 Å². The summed E-state index contributed by atoms with van der Waals surface area (Å²) in [5, 5.41) is 3.51. The number of thiocarbonyl (C=S) groups is 1. The minimum atomic E-state index is 0.401. The second kappa shape index (κ2) is 6.16. The average Bonchev–Trinajstić information content (AvgIpc) is 2.82.